The highest BCUT2D eigenvalue weighted by Crippen LogP contribution is 2.74. The summed E-state index contributed by atoms with van der Waals surface area (Å²) < 4.78 is 2.11. The first kappa shape index (κ1) is 26.0. The fourth-order valence-corrected chi connectivity index (χ4v) is 10.9. The van der Waals surface area contributed by atoms with E-state index < -0.39 is 11.5 Å². The predicted octanol–water partition coefficient (Wildman–Crippen LogP) is 6.43. The first-order chi connectivity index (χ1) is 17.7. The summed E-state index contributed by atoms with van der Waals surface area (Å²) in [5.41, 5.74) is 0.0480. The van der Waals surface area contributed by atoms with Crippen molar-refractivity contribution >= 4 is 11.6 Å². The molecule has 8 atom stereocenters. The van der Waals surface area contributed by atoms with Gasteiger partial charge in [0.1, 0.15) is 12.7 Å². The summed E-state index contributed by atoms with van der Waals surface area (Å²) in [6, 6.07) is -0.624. The van der Waals surface area contributed by atoms with E-state index in [-0.39, 0.29) is 56.5 Å². The monoisotopic (exact) mass is 516 g/mol. The van der Waals surface area contributed by atoms with Crippen LogP contribution in [-0.2, 0) is 15.1 Å². The molecule has 0 aromatic carbocycles. The van der Waals surface area contributed by atoms with Crippen molar-refractivity contribution < 1.29 is 9.59 Å². The SMILES string of the molecule is [C-]#[N+]C1C[C@]2(C)C3=CC(=O)[C@@H]4[C@@H]5CC(C)(C)CC[C@]5(n5cncn5)CC[C@@]4(C)[C@]3(C)CC[C@H]2C(C)(C)C1=O. The van der Waals surface area contributed by atoms with Crippen molar-refractivity contribution in [3.8, 4) is 0 Å². The van der Waals surface area contributed by atoms with E-state index in [2.05, 4.69) is 54.2 Å². The highest BCUT2D eigenvalue weighted by molar-refractivity contribution is 5.96. The Kier molecular flexibility index (Phi) is 5.24. The summed E-state index contributed by atoms with van der Waals surface area (Å²) in [5.74, 6) is 0.649. The second kappa shape index (κ2) is 7.67. The van der Waals surface area contributed by atoms with E-state index in [1.807, 2.05) is 26.3 Å². The van der Waals surface area contributed by atoms with E-state index in [4.69, 9.17) is 6.57 Å². The molecule has 0 spiro atoms. The van der Waals surface area contributed by atoms with Crippen molar-refractivity contribution in [2.24, 2.45) is 44.8 Å². The maximum absolute atomic E-state index is 14.6. The van der Waals surface area contributed by atoms with Crippen LogP contribution in [-0.4, -0.2) is 32.4 Å². The van der Waals surface area contributed by atoms with E-state index in [0.717, 1.165) is 44.9 Å². The Balaban J connectivity index is 1.51. The molecule has 6 rings (SSSR count). The Hall–Kier alpha value is -2.29. The summed E-state index contributed by atoms with van der Waals surface area (Å²) in [4.78, 5) is 36.0. The van der Waals surface area contributed by atoms with Gasteiger partial charge in [-0.3, -0.25) is 9.59 Å². The number of rotatable bonds is 1. The number of Topliss-reactive ketones (excluding diaryl/α,β-unsaturated/α-hetero) is 1. The molecular formula is C32H44N4O2. The average Bonchev–Trinajstić information content (AvgIpc) is 3.38. The number of fused-ring (bicyclic) bond motifs is 7. The summed E-state index contributed by atoms with van der Waals surface area (Å²) in [6.07, 6.45) is 13.2. The van der Waals surface area contributed by atoms with Crippen LogP contribution in [0.15, 0.2) is 24.3 Å². The highest BCUT2D eigenvalue weighted by atomic mass is 16.1. The molecule has 0 radical (unpaired) electrons. The van der Waals surface area contributed by atoms with Gasteiger partial charge in [0, 0.05) is 23.2 Å². The summed E-state index contributed by atoms with van der Waals surface area (Å²) >= 11 is 0. The van der Waals surface area contributed by atoms with E-state index in [1.165, 1.54) is 5.57 Å². The lowest BCUT2D eigenvalue weighted by atomic mass is 9.34. The molecular weight excluding hydrogens is 472 g/mol. The van der Waals surface area contributed by atoms with Gasteiger partial charge in [0.25, 0.3) is 6.04 Å². The van der Waals surface area contributed by atoms with E-state index >= 15 is 0 Å². The van der Waals surface area contributed by atoms with Crippen LogP contribution in [0.5, 0.6) is 0 Å². The number of carbonyl (C=O) groups is 2. The van der Waals surface area contributed by atoms with Gasteiger partial charge in [-0.05, 0) is 79.1 Å². The van der Waals surface area contributed by atoms with Crippen LogP contribution < -0.4 is 0 Å². The van der Waals surface area contributed by atoms with Crippen molar-refractivity contribution in [3.05, 3.63) is 35.7 Å². The van der Waals surface area contributed by atoms with Crippen molar-refractivity contribution in [2.75, 3.05) is 0 Å². The fourth-order valence-electron chi connectivity index (χ4n) is 10.9. The van der Waals surface area contributed by atoms with Crippen LogP contribution in [0, 0.1) is 51.4 Å². The summed E-state index contributed by atoms with van der Waals surface area (Å²) in [5, 5.41) is 4.67. The molecule has 1 unspecified atom stereocenters. The van der Waals surface area contributed by atoms with Crippen molar-refractivity contribution in [2.45, 2.75) is 111 Å². The normalized spacial score (nSPS) is 47.1. The average molecular weight is 517 g/mol. The van der Waals surface area contributed by atoms with Gasteiger partial charge >= 0.3 is 0 Å². The zero-order valence-electron chi connectivity index (χ0n) is 24.3. The zero-order valence-corrected chi connectivity index (χ0v) is 24.3. The van der Waals surface area contributed by atoms with Crippen LogP contribution in [0.3, 0.4) is 0 Å². The Bertz CT molecular complexity index is 1270. The largest absolute Gasteiger partial charge is 0.305 e. The Morgan fingerprint density at radius 1 is 0.974 bits per heavy atom. The molecule has 4 fully saturated rings. The minimum atomic E-state index is -0.624. The molecule has 204 valence electrons. The zero-order chi connectivity index (χ0) is 27.5. The van der Waals surface area contributed by atoms with Crippen LogP contribution in [0.4, 0.5) is 0 Å². The molecule has 5 aliphatic rings. The number of allylic oxidation sites excluding steroid dienone is 2. The molecule has 1 aromatic rings. The lowest BCUT2D eigenvalue weighted by molar-refractivity contribution is -0.174. The van der Waals surface area contributed by atoms with Gasteiger partial charge in [-0.15, -0.1) is 0 Å². The van der Waals surface area contributed by atoms with Gasteiger partial charge in [-0.25, -0.2) is 16.2 Å². The van der Waals surface area contributed by atoms with Crippen LogP contribution >= 0.6 is 0 Å². The second-order valence-electron chi connectivity index (χ2n) is 15.5. The number of hydrogen-bond acceptors (Lipinski definition) is 4. The molecule has 0 saturated heterocycles. The molecule has 0 amide bonds. The number of nitrogens with zero attached hydrogens (tertiary/aromatic N) is 4. The van der Waals surface area contributed by atoms with Crippen LogP contribution in [0.2, 0.25) is 0 Å². The lowest BCUT2D eigenvalue weighted by Crippen LogP contribution is -2.67. The maximum Gasteiger partial charge on any atom is 0.282 e. The molecule has 5 aliphatic carbocycles. The third kappa shape index (κ3) is 3.00. The van der Waals surface area contributed by atoms with Crippen LogP contribution in [0.1, 0.15) is 99.8 Å². The van der Waals surface area contributed by atoms with Gasteiger partial charge in [-0.1, -0.05) is 54.0 Å². The third-order valence-corrected chi connectivity index (χ3v) is 13.1. The second-order valence-corrected chi connectivity index (χ2v) is 15.5. The Labute approximate surface area is 227 Å². The van der Waals surface area contributed by atoms with Gasteiger partial charge < -0.3 is 4.85 Å². The van der Waals surface area contributed by atoms with Crippen LogP contribution in [0.25, 0.3) is 4.85 Å². The number of hydrogen-bond donors (Lipinski definition) is 0. The molecule has 4 saturated carbocycles. The first-order valence-electron chi connectivity index (χ1n) is 14.7. The topological polar surface area (TPSA) is 69.2 Å². The fraction of sp³-hybridized carbons (Fsp3) is 0.781. The van der Waals surface area contributed by atoms with Gasteiger partial charge in [-0.2, -0.15) is 5.10 Å². The number of carbonyl (C=O) groups excluding carboxylic acids is 2. The van der Waals surface area contributed by atoms with Crippen molar-refractivity contribution in [3.63, 3.8) is 0 Å². The molecule has 6 nitrogen and oxygen atoms in total. The third-order valence-electron chi connectivity index (χ3n) is 13.1. The predicted molar refractivity (Wildman–Crippen MR) is 146 cm³/mol. The summed E-state index contributed by atoms with van der Waals surface area (Å²) in [7, 11) is 0. The Morgan fingerprint density at radius 2 is 1.68 bits per heavy atom. The highest BCUT2D eigenvalue weighted by Gasteiger charge is 2.71. The minimum Gasteiger partial charge on any atom is -0.305 e. The molecule has 38 heavy (non-hydrogen) atoms. The maximum atomic E-state index is 14.6. The quantitative estimate of drug-likeness (QED) is 0.403. The molecule has 0 N–H and O–H groups in total. The van der Waals surface area contributed by atoms with E-state index in [1.54, 1.807) is 6.33 Å². The lowest BCUT2D eigenvalue weighted by Gasteiger charge is -2.69. The van der Waals surface area contributed by atoms with Gasteiger partial charge in [0.2, 0.25) is 5.78 Å². The van der Waals surface area contributed by atoms with E-state index in [9.17, 15) is 9.59 Å². The number of aromatic nitrogens is 3. The van der Waals surface area contributed by atoms with Gasteiger partial charge in [0.05, 0.1) is 5.54 Å². The molecule has 1 aromatic heterocycles. The van der Waals surface area contributed by atoms with Crippen molar-refractivity contribution in [1.29, 1.82) is 0 Å². The van der Waals surface area contributed by atoms with Crippen molar-refractivity contribution in [1.82, 2.24) is 14.8 Å². The smallest absolute Gasteiger partial charge is 0.282 e. The first-order valence-corrected chi connectivity index (χ1v) is 14.7. The minimum absolute atomic E-state index is 0.0659. The van der Waals surface area contributed by atoms with E-state index in [0.29, 0.717) is 6.42 Å². The Morgan fingerprint density at radius 3 is 2.34 bits per heavy atom. The molecule has 6 heteroatoms. The number of ketones is 2. The molecule has 1 heterocycles. The summed E-state index contributed by atoms with van der Waals surface area (Å²) in [6.45, 7) is 23.8. The van der Waals surface area contributed by atoms with Gasteiger partial charge in [0.15, 0.2) is 5.78 Å². The standard InChI is InChI=1S/C32H44N4O2/c1-27(2)11-13-32(36-19-34-18-35-36)14-12-31(7)25(20(32)16-27)22(37)15-24-29(5)17-21(33-8)26(38)28(3,4)23(29)9-10-30(24,31)6/h15,18-21,23,25H,9-14,16-17H2,1-7H3/t20-,21?,23-,25-,29-,30+,31+,32-/m0/s1. The molecule has 0 bridgehead atoms. The molecule has 0 aliphatic heterocycles.